The Morgan fingerprint density at radius 1 is 1.11 bits per heavy atom. The molecule has 5 heteroatoms. The average Bonchev–Trinajstić information content (AvgIpc) is 2.38. The van der Waals surface area contributed by atoms with Crippen LogP contribution >= 0.6 is 31.9 Å². The molecule has 2 aromatic rings. The number of hydrogen-bond acceptors (Lipinski definition) is 3. The van der Waals surface area contributed by atoms with Gasteiger partial charge < -0.3 is 10.5 Å². The van der Waals surface area contributed by atoms with Crippen molar-refractivity contribution in [2.24, 2.45) is 5.73 Å². The lowest BCUT2D eigenvalue weighted by atomic mass is 10.2. The molecule has 2 N–H and O–H groups in total. The number of halogens is 2. The summed E-state index contributed by atoms with van der Waals surface area (Å²) in [4.78, 5) is 4.22. The Hall–Kier alpha value is -0.910. The molecule has 0 bridgehead atoms. The normalized spacial score (nSPS) is 10.4. The van der Waals surface area contributed by atoms with Gasteiger partial charge in [-0.25, -0.2) is 0 Å². The van der Waals surface area contributed by atoms with Crippen molar-refractivity contribution in [3.05, 3.63) is 56.7 Å². The van der Waals surface area contributed by atoms with E-state index in [4.69, 9.17) is 10.5 Å². The molecule has 0 saturated carbocycles. The van der Waals surface area contributed by atoms with Gasteiger partial charge in [0.25, 0.3) is 0 Å². The highest BCUT2D eigenvalue weighted by molar-refractivity contribution is 9.10. The molecule has 0 radical (unpaired) electrons. The molecule has 0 aliphatic rings. The molecule has 0 amide bonds. The van der Waals surface area contributed by atoms with Gasteiger partial charge in [-0.1, -0.05) is 28.1 Å². The molecule has 18 heavy (non-hydrogen) atoms. The number of nitrogens with zero attached hydrogens (tertiary/aromatic N) is 1. The molecule has 0 aliphatic heterocycles. The van der Waals surface area contributed by atoms with Crippen LogP contribution in [0.5, 0.6) is 5.75 Å². The van der Waals surface area contributed by atoms with Gasteiger partial charge in [0.05, 0.1) is 5.69 Å². The first-order valence-corrected chi connectivity index (χ1v) is 6.99. The van der Waals surface area contributed by atoms with Gasteiger partial charge in [-0.2, -0.15) is 0 Å². The van der Waals surface area contributed by atoms with E-state index in [0.29, 0.717) is 13.2 Å². The third-order valence-corrected chi connectivity index (χ3v) is 3.36. The molecule has 1 aromatic carbocycles. The molecular formula is C13H12Br2N2O. The summed E-state index contributed by atoms with van der Waals surface area (Å²) in [7, 11) is 0. The van der Waals surface area contributed by atoms with Gasteiger partial charge in [-0.15, -0.1) is 0 Å². The summed E-state index contributed by atoms with van der Waals surface area (Å²) in [5.74, 6) is 0.717. The van der Waals surface area contributed by atoms with Gasteiger partial charge in [-0.05, 0) is 39.7 Å². The second-order valence-electron chi connectivity index (χ2n) is 3.72. The van der Waals surface area contributed by atoms with Gasteiger partial charge in [0.2, 0.25) is 0 Å². The fourth-order valence-corrected chi connectivity index (χ4v) is 2.04. The largest absolute Gasteiger partial charge is 0.487 e. The maximum atomic E-state index is 5.75. The van der Waals surface area contributed by atoms with Crippen LogP contribution < -0.4 is 10.5 Å². The summed E-state index contributed by atoms with van der Waals surface area (Å²) in [5.41, 5.74) is 7.48. The number of hydrogen-bond donors (Lipinski definition) is 1. The van der Waals surface area contributed by atoms with Crippen LogP contribution in [0, 0.1) is 0 Å². The van der Waals surface area contributed by atoms with Crippen LogP contribution in [0.2, 0.25) is 0 Å². The lowest BCUT2D eigenvalue weighted by Crippen LogP contribution is -2.05. The number of ether oxygens (including phenoxy) is 1. The van der Waals surface area contributed by atoms with Crippen LogP contribution in [0.15, 0.2) is 45.5 Å². The summed E-state index contributed by atoms with van der Waals surface area (Å²) < 4.78 is 7.68. The van der Waals surface area contributed by atoms with E-state index in [0.717, 1.165) is 26.0 Å². The molecule has 0 spiro atoms. The zero-order chi connectivity index (χ0) is 13.0. The highest BCUT2D eigenvalue weighted by atomic mass is 79.9. The predicted molar refractivity (Wildman–Crippen MR) is 78.3 cm³/mol. The fourth-order valence-electron chi connectivity index (χ4n) is 1.47. The second-order valence-corrected chi connectivity index (χ2v) is 5.55. The lowest BCUT2D eigenvalue weighted by Gasteiger charge is -2.10. The van der Waals surface area contributed by atoms with E-state index in [1.54, 1.807) is 6.20 Å². The van der Waals surface area contributed by atoms with Gasteiger partial charge in [0.15, 0.2) is 0 Å². The van der Waals surface area contributed by atoms with E-state index in [1.165, 1.54) is 0 Å². The molecule has 3 nitrogen and oxygen atoms in total. The first kappa shape index (κ1) is 13.5. The molecule has 0 unspecified atom stereocenters. The summed E-state index contributed by atoms with van der Waals surface area (Å²) >= 11 is 6.77. The van der Waals surface area contributed by atoms with Gasteiger partial charge >= 0.3 is 0 Å². The zero-order valence-electron chi connectivity index (χ0n) is 9.57. The minimum atomic E-state index is 0.364. The van der Waals surface area contributed by atoms with Crippen LogP contribution in [0.25, 0.3) is 0 Å². The van der Waals surface area contributed by atoms with Crippen molar-refractivity contribution in [1.29, 1.82) is 0 Å². The topological polar surface area (TPSA) is 48.1 Å². The Labute approximate surface area is 123 Å². The average molecular weight is 372 g/mol. The number of aromatic nitrogens is 1. The molecular weight excluding hydrogens is 360 g/mol. The number of nitrogens with two attached hydrogens (primary N) is 1. The molecule has 1 aromatic heterocycles. The third kappa shape index (κ3) is 3.54. The Kier molecular flexibility index (Phi) is 4.74. The third-order valence-electron chi connectivity index (χ3n) is 2.40. The van der Waals surface area contributed by atoms with Gasteiger partial charge in [0.1, 0.15) is 12.4 Å². The van der Waals surface area contributed by atoms with Crippen LogP contribution in [0.1, 0.15) is 11.3 Å². The molecule has 0 aliphatic carbocycles. The zero-order valence-corrected chi connectivity index (χ0v) is 12.7. The Bertz CT molecular complexity index is 529. The van der Waals surface area contributed by atoms with E-state index in [1.807, 2.05) is 30.3 Å². The highest BCUT2D eigenvalue weighted by Gasteiger charge is 2.05. The first-order chi connectivity index (χ1) is 8.69. The van der Waals surface area contributed by atoms with E-state index >= 15 is 0 Å². The van der Waals surface area contributed by atoms with Crippen molar-refractivity contribution in [1.82, 2.24) is 4.98 Å². The van der Waals surface area contributed by atoms with E-state index in [2.05, 4.69) is 36.8 Å². The Morgan fingerprint density at radius 2 is 1.83 bits per heavy atom. The number of pyridine rings is 1. The van der Waals surface area contributed by atoms with E-state index in [9.17, 15) is 0 Å². The van der Waals surface area contributed by atoms with Crippen molar-refractivity contribution < 1.29 is 4.74 Å². The van der Waals surface area contributed by atoms with Crippen molar-refractivity contribution in [3.63, 3.8) is 0 Å². The smallest absolute Gasteiger partial charge is 0.143 e. The summed E-state index contributed by atoms with van der Waals surface area (Å²) in [5, 5.41) is 0. The molecule has 94 valence electrons. The minimum absolute atomic E-state index is 0.364. The molecule has 0 fully saturated rings. The van der Waals surface area contributed by atoms with E-state index < -0.39 is 0 Å². The van der Waals surface area contributed by atoms with Crippen molar-refractivity contribution in [2.75, 3.05) is 0 Å². The first-order valence-electron chi connectivity index (χ1n) is 5.41. The lowest BCUT2D eigenvalue weighted by molar-refractivity contribution is 0.301. The van der Waals surface area contributed by atoms with E-state index in [-0.39, 0.29) is 0 Å². The molecule has 0 saturated heterocycles. The summed E-state index contributed by atoms with van der Waals surface area (Å²) in [6, 6.07) is 9.88. The summed E-state index contributed by atoms with van der Waals surface area (Å²) in [6.07, 6.45) is 1.72. The van der Waals surface area contributed by atoms with Crippen LogP contribution in [0.4, 0.5) is 0 Å². The molecule has 1 heterocycles. The maximum absolute atomic E-state index is 5.75. The van der Waals surface area contributed by atoms with Crippen molar-refractivity contribution >= 4 is 31.9 Å². The van der Waals surface area contributed by atoms with Crippen molar-refractivity contribution in [2.45, 2.75) is 13.2 Å². The maximum Gasteiger partial charge on any atom is 0.143 e. The quantitative estimate of drug-likeness (QED) is 0.892. The summed E-state index contributed by atoms with van der Waals surface area (Å²) in [6.45, 7) is 0.862. The van der Waals surface area contributed by atoms with Crippen molar-refractivity contribution in [3.8, 4) is 5.75 Å². The van der Waals surface area contributed by atoms with Gasteiger partial charge in [0, 0.05) is 21.7 Å². The highest BCUT2D eigenvalue weighted by Crippen LogP contribution is 2.22. The number of benzene rings is 1. The molecule has 0 atom stereocenters. The van der Waals surface area contributed by atoms with Crippen LogP contribution in [0.3, 0.4) is 0 Å². The Balaban J connectivity index is 2.09. The minimum Gasteiger partial charge on any atom is -0.487 e. The Morgan fingerprint density at radius 3 is 2.50 bits per heavy atom. The standard InChI is InChI=1S/C13H12Br2N2O/c14-10-3-1-9(2-4-10)8-18-13-5-11(15)7-17-12(13)6-16/h1-5,7H,6,8,16H2. The predicted octanol–water partition coefficient (Wildman–Crippen LogP) is 3.64. The fraction of sp³-hybridized carbons (Fsp3) is 0.154. The molecule has 2 rings (SSSR count). The van der Waals surface area contributed by atoms with Gasteiger partial charge in [-0.3, -0.25) is 4.98 Å². The SMILES string of the molecule is NCc1ncc(Br)cc1OCc1ccc(Br)cc1. The van der Waals surface area contributed by atoms with Crippen LogP contribution in [-0.4, -0.2) is 4.98 Å². The number of rotatable bonds is 4. The monoisotopic (exact) mass is 370 g/mol. The van der Waals surface area contributed by atoms with Crippen LogP contribution in [-0.2, 0) is 13.2 Å². The second kappa shape index (κ2) is 6.31.